The van der Waals surface area contributed by atoms with Gasteiger partial charge in [0.15, 0.2) is 0 Å². The first kappa shape index (κ1) is 30.2. The maximum absolute atomic E-state index is 13.7. The van der Waals surface area contributed by atoms with Gasteiger partial charge in [-0.15, -0.1) is 0 Å². The molecule has 9 heteroatoms. The largest absolute Gasteiger partial charge is 0.507 e. The number of phenolic OH excluding ortho intramolecular Hbond substituents is 1. The number of para-hydroxylation sites is 1. The van der Waals surface area contributed by atoms with Crippen LogP contribution < -0.4 is 10.6 Å². The lowest BCUT2D eigenvalue weighted by molar-refractivity contribution is -0.143. The molecule has 0 fully saturated rings. The number of aliphatic hydroxyl groups excluding tert-OH is 1. The molecule has 0 heterocycles. The van der Waals surface area contributed by atoms with E-state index in [1.165, 1.54) is 4.90 Å². The van der Waals surface area contributed by atoms with E-state index in [9.17, 15) is 24.6 Å². The van der Waals surface area contributed by atoms with Crippen LogP contribution in [0.5, 0.6) is 5.75 Å². The number of carbonyl (C=O) groups is 3. The molecule has 0 aliphatic heterocycles. The van der Waals surface area contributed by atoms with Gasteiger partial charge in [-0.3, -0.25) is 9.59 Å². The van der Waals surface area contributed by atoms with Crippen LogP contribution in [0.1, 0.15) is 84.4 Å². The zero-order valence-corrected chi connectivity index (χ0v) is 22.2. The number of nitrogens with one attached hydrogen (secondary N) is 2. The number of benzene rings is 1. The summed E-state index contributed by atoms with van der Waals surface area (Å²) in [5, 5.41) is 26.0. The molecule has 0 saturated heterocycles. The minimum absolute atomic E-state index is 0.0802. The van der Waals surface area contributed by atoms with Gasteiger partial charge in [0, 0.05) is 18.2 Å². The number of aromatic hydroxyl groups is 1. The molecule has 4 N–H and O–H groups in total. The monoisotopic (exact) mass is 493 g/mol. The second-order valence-corrected chi connectivity index (χ2v) is 10.1. The molecule has 0 aliphatic rings. The highest BCUT2D eigenvalue weighted by atomic mass is 16.6. The highest BCUT2D eigenvalue weighted by Crippen LogP contribution is 2.32. The number of alkyl carbamates (subject to hydrolysis) is 1. The zero-order valence-electron chi connectivity index (χ0n) is 22.2. The molecule has 3 amide bonds. The molecule has 0 aliphatic carbocycles. The van der Waals surface area contributed by atoms with Gasteiger partial charge < -0.3 is 30.5 Å². The number of amides is 3. The van der Waals surface area contributed by atoms with E-state index in [1.54, 1.807) is 59.7 Å². The van der Waals surface area contributed by atoms with Gasteiger partial charge in [0.25, 0.3) is 0 Å². The summed E-state index contributed by atoms with van der Waals surface area (Å²) in [7, 11) is 0. The molecule has 1 aromatic carbocycles. The number of phenols is 1. The van der Waals surface area contributed by atoms with E-state index in [0.717, 1.165) is 19.3 Å². The van der Waals surface area contributed by atoms with Gasteiger partial charge in [-0.1, -0.05) is 44.4 Å². The standard InChI is InChI=1S/C26H43N3O6/c1-8-9-10-11-15-29(24(33)20(16-30)28-25(34)35-26(5,6)7)21(23(32)27-17(2)3)19-14-12-13-18(4)22(19)31/h12-14,17,20-21,30-31H,8-11,15-16H2,1-7H3,(H,27,32)(H,28,34). The lowest BCUT2D eigenvalue weighted by Crippen LogP contribution is -2.55. The number of ether oxygens (including phenoxy) is 1. The SMILES string of the molecule is CCCCCCN(C(=O)C(CO)NC(=O)OC(C)(C)C)C(C(=O)NC(C)C)c1cccc(C)c1O. The quantitative estimate of drug-likeness (QED) is 0.330. The third-order valence-electron chi connectivity index (χ3n) is 5.26. The van der Waals surface area contributed by atoms with Crippen molar-refractivity contribution < 1.29 is 29.3 Å². The Kier molecular flexibility index (Phi) is 12.0. The number of aryl methyl sites for hydroxylation is 1. The first-order valence-electron chi connectivity index (χ1n) is 12.3. The predicted octanol–water partition coefficient (Wildman–Crippen LogP) is 3.56. The highest BCUT2D eigenvalue weighted by molar-refractivity contribution is 5.92. The zero-order chi connectivity index (χ0) is 26.8. The van der Waals surface area contributed by atoms with E-state index in [2.05, 4.69) is 17.6 Å². The normalized spacial score (nSPS) is 13.2. The highest BCUT2D eigenvalue weighted by Gasteiger charge is 2.37. The third-order valence-corrected chi connectivity index (χ3v) is 5.26. The van der Waals surface area contributed by atoms with E-state index in [0.29, 0.717) is 12.0 Å². The van der Waals surface area contributed by atoms with E-state index in [-0.39, 0.29) is 23.9 Å². The fourth-order valence-corrected chi connectivity index (χ4v) is 3.63. The van der Waals surface area contributed by atoms with Crippen LogP contribution in [0.15, 0.2) is 18.2 Å². The summed E-state index contributed by atoms with van der Waals surface area (Å²) in [6.45, 7) is 12.0. The summed E-state index contributed by atoms with van der Waals surface area (Å²) >= 11 is 0. The first-order valence-corrected chi connectivity index (χ1v) is 12.3. The molecule has 1 aromatic rings. The maximum atomic E-state index is 13.7. The Bertz CT molecular complexity index is 850. The molecule has 2 unspecified atom stereocenters. The van der Waals surface area contributed by atoms with Crippen LogP contribution in [0.3, 0.4) is 0 Å². The average Bonchev–Trinajstić information content (AvgIpc) is 2.74. The van der Waals surface area contributed by atoms with Crippen molar-refractivity contribution in [3.63, 3.8) is 0 Å². The van der Waals surface area contributed by atoms with Gasteiger partial charge in [-0.2, -0.15) is 0 Å². The molecule has 0 saturated carbocycles. The smallest absolute Gasteiger partial charge is 0.408 e. The number of rotatable bonds is 12. The van der Waals surface area contributed by atoms with Gasteiger partial charge in [-0.05, 0) is 53.5 Å². The Balaban J connectivity index is 3.45. The average molecular weight is 494 g/mol. The second-order valence-electron chi connectivity index (χ2n) is 10.1. The Hall–Kier alpha value is -2.81. The summed E-state index contributed by atoms with van der Waals surface area (Å²) in [4.78, 5) is 40.7. The Labute approximate surface area is 209 Å². The van der Waals surface area contributed by atoms with Crippen molar-refractivity contribution in [1.82, 2.24) is 15.5 Å². The van der Waals surface area contributed by atoms with E-state index < -0.39 is 42.2 Å². The third kappa shape index (κ3) is 9.76. The van der Waals surface area contributed by atoms with Crippen molar-refractivity contribution in [1.29, 1.82) is 0 Å². The molecule has 0 radical (unpaired) electrons. The molecule has 35 heavy (non-hydrogen) atoms. The van der Waals surface area contributed by atoms with Gasteiger partial charge in [-0.25, -0.2) is 4.79 Å². The molecular formula is C26H43N3O6. The summed E-state index contributed by atoms with van der Waals surface area (Å²) in [6.07, 6.45) is 2.55. The van der Waals surface area contributed by atoms with Crippen molar-refractivity contribution in [2.24, 2.45) is 0 Å². The molecule has 2 atom stereocenters. The van der Waals surface area contributed by atoms with Gasteiger partial charge in [0.2, 0.25) is 11.8 Å². The van der Waals surface area contributed by atoms with Crippen LogP contribution in [-0.4, -0.2) is 63.9 Å². The molecule has 0 aromatic heterocycles. The molecule has 0 bridgehead atoms. The van der Waals surface area contributed by atoms with Gasteiger partial charge in [0.1, 0.15) is 23.4 Å². The van der Waals surface area contributed by atoms with Crippen LogP contribution >= 0.6 is 0 Å². The number of hydrogen-bond donors (Lipinski definition) is 4. The lowest BCUT2D eigenvalue weighted by Gasteiger charge is -2.35. The summed E-state index contributed by atoms with van der Waals surface area (Å²) in [6, 6.07) is 2.35. The molecule has 9 nitrogen and oxygen atoms in total. The van der Waals surface area contributed by atoms with Crippen molar-refractivity contribution >= 4 is 17.9 Å². The molecule has 198 valence electrons. The number of hydrogen-bond acceptors (Lipinski definition) is 6. The lowest BCUT2D eigenvalue weighted by atomic mass is 9.98. The van der Waals surface area contributed by atoms with Crippen molar-refractivity contribution in [2.45, 2.75) is 97.9 Å². The van der Waals surface area contributed by atoms with E-state index >= 15 is 0 Å². The van der Waals surface area contributed by atoms with Crippen molar-refractivity contribution in [3.8, 4) is 5.75 Å². The van der Waals surface area contributed by atoms with E-state index in [4.69, 9.17) is 4.74 Å². The molecule has 0 spiro atoms. The Morgan fingerprint density at radius 3 is 2.29 bits per heavy atom. The summed E-state index contributed by atoms with van der Waals surface area (Å²) < 4.78 is 5.24. The van der Waals surface area contributed by atoms with Crippen LogP contribution in [-0.2, 0) is 14.3 Å². The van der Waals surface area contributed by atoms with E-state index in [1.807, 2.05) is 0 Å². The van der Waals surface area contributed by atoms with Crippen LogP contribution in [0.2, 0.25) is 0 Å². The topological polar surface area (TPSA) is 128 Å². The van der Waals surface area contributed by atoms with Crippen molar-refractivity contribution in [2.75, 3.05) is 13.2 Å². The first-order chi connectivity index (χ1) is 16.3. The van der Waals surface area contributed by atoms with Crippen molar-refractivity contribution in [3.05, 3.63) is 29.3 Å². The predicted molar refractivity (Wildman–Crippen MR) is 135 cm³/mol. The number of nitrogens with zero attached hydrogens (tertiary/aromatic N) is 1. The number of unbranched alkanes of at least 4 members (excludes halogenated alkanes) is 3. The maximum Gasteiger partial charge on any atom is 0.408 e. The number of carbonyl (C=O) groups excluding carboxylic acids is 3. The van der Waals surface area contributed by atoms with Gasteiger partial charge in [0.05, 0.1) is 6.61 Å². The molecular weight excluding hydrogens is 450 g/mol. The Morgan fingerprint density at radius 2 is 1.74 bits per heavy atom. The summed E-state index contributed by atoms with van der Waals surface area (Å²) in [5.41, 5.74) is 0.0507. The minimum Gasteiger partial charge on any atom is -0.507 e. The fraction of sp³-hybridized carbons (Fsp3) is 0.654. The van der Waals surface area contributed by atoms with Gasteiger partial charge >= 0.3 is 6.09 Å². The number of aliphatic hydroxyl groups is 1. The van der Waals surface area contributed by atoms with Crippen LogP contribution in [0, 0.1) is 6.92 Å². The van der Waals surface area contributed by atoms with Crippen LogP contribution in [0.4, 0.5) is 4.79 Å². The second kappa shape index (κ2) is 13.9. The summed E-state index contributed by atoms with van der Waals surface area (Å²) in [5.74, 6) is -1.18. The van der Waals surface area contributed by atoms with Crippen LogP contribution in [0.25, 0.3) is 0 Å². The fourth-order valence-electron chi connectivity index (χ4n) is 3.63. The Morgan fingerprint density at radius 1 is 1.09 bits per heavy atom. The minimum atomic E-state index is -1.32. The molecule has 1 rings (SSSR count).